The number of quaternary nitrogens is 1. The summed E-state index contributed by atoms with van der Waals surface area (Å²) in [6.45, 7) is 6.81. The van der Waals surface area contributed by atoms with E-state index in [9.17, 15) is 9.90 Å². The fourth-order valence-corrected chi connectivity index (χ4v) is 4.06. The molecule has 1 aliphatic rings. The maximum atomic E-state index is 12.7. The van der Waals surface area contributed by atoms with Crippen LogP contribution >= 0.6 is 11.8 Å². The first-order chi connectivity index (χ1) is 12.2. The quantitative estimate of drug-likeness (QED) is 0.542. The van der Waals surface area contributed by atoms with Crippen LogP contribution in [0.2, 0.25) is 0 Å². The first-order valence-electron chi connectivity index (χ1n) is 8.90. The second-order valence-corrected chi connectivity index (χ2v) is 7.39. The summed E-state index contributed by atoms with van der Waals surface area (Å²) < 4.78 is 7.09. The second-order valence-electron chi connectivity index (χ2n) is 6.40. The molecule has 0 amide bonds. The molecule has 1 aliphatic heterocycles. The Balaban J connectivity index is 1.73. The minimum Gasteiger partial charge on any atom is -0.386 e. The third-order valence-electron chi connectivity index (χ3n) is 4.40. The van der Waals surface area contributed by atoms with Crippen LogP contribution in [0.3, 0.4) is 0 Å². The van der Waals surface area contributed by atoms with Gasteiger partial charge >= 0.3 is 0 Å². The van der Waals surface area contributed by atoms with E-state index in [-0.39, 0.29) is 5.56 Å². The molecule has 2 heterocycles. The molecular formula is C18H26N3O3S+. The number of fused-ring (bicyclic) bond motifs is 1. The molecule has 0 saturated carbocycles. The summed E-state index contributed by atoms with van der Waals surface area (Å²) in [5.41, 5.74) is 0.721. The lowest BCUT2D eigenvalue weighted by Gasteiger charge is -2.25. The van der Waals surface area contributed by atoms with Crippen LogP contribution in [0.25, 0.3) is 10.9 Å². The van der Waals surface area contributed by atoms with Crippen LogP contribution in [0.15, 0.2) is 34.2 Å². The molecule has 3 rings (SSSR count). The van der Waals surface area contributed by atoms with Gasteiger partial charge in [-0.1, -0.05) is 30.8 Å². The molecule has 0 bridgehead atoms. The number of rotatable bonds is 7. The van der Waals surface area contributed by atoms with Gasteiger partial charge in [0.15, 0.2) is 5.16 Å². The lowest BCUT2D eigenvalue weighted by molar-refractivity contribution is -0.910. The summed E-state index contributed by atoms with van der Waals surface area (Å²) in [5, 5.41) is 11.7. The van der Waals surface area contributed by atoms with Gasteiger partial charge in [-0.3, -0.25) is 9.36 Å². The van der Waals surface area contributed by atoms with Gasteiger partial charge < -0.3 is 14.7 Å². The van der Waals surface area contributed by atoms with Crippen molar-refractivity contribution in [2.24, 2.45) is 0 Å². The van der Waals surface area contributed by atoms with E-state index >= 15 is 0 Å². The largest absolute Gasteiger partial charge is 0.386 e. The number of nitrogens with one attached hydrogen (secondary N) is 1. The summed E-state index contributed by atoms with van der Waals surface area (Å²) in [6, 6.07) is 7.45. The van der Waals surface area contributed by atoms with Gasteiger partial charge in [0.1, 0.15) is 25.7 Å². The van der Waals surface area contributed by atoms with E-state index in [1.165, 1.54) is 16.7 Å². The van der Waals surface area contributed by atoms with Crippen molar-refractivity contribution in [3.05, 3.63) is 34.6 Å². The van der Waals surface area contributed by atoms with Gasteiger partial charge in [-0.05, 0) is 18.6 Å². The van der Waals surface area contributed by atoms with E-state index in [4.69, 9.17) is 4.74 Å². The van der Waals surface area contributed by atoms with Crippen molar-refractivity contribution in [2.75, 3.05) is 38.6 Å². The molecule has 1 aromatic heterocycles. The van der Waals surface area contributed by atoms with Crippen molar-refractivity contribution in [1.82, 2.24) is 9.55 Å². The van der Waals surface area contributed by atoms with Gasteiger partial charge in [0.05, 0.1) is 24.1 Å². The molecular weight excluding hydrogens is 338 g/mol. The lowest BCUT2D eigenvalue weighted by atomic mass is 10.2. The van der Waals surface area contributed by atoms with E-state index in [0.29, 0.717) is 29.4 Å². The number of hydrogen-bond donors (Lipinski definition) is 2. The maximum absolute atomic E-state index is 12.7. The van der Waals surface area contributed by atoms with Gasteiger partial charge in [0.25, 0.3) is 5.56 Å². The van der Waals surface area contributed by atoms with E-state index < -0.39 is 6.10 Å². The number of benzene rings is 1. The summed E-state index contributed by atoms with van der Waals surface area (Å²) in [7, 11) is 0. The Bertz CT molecular complexity index is 759. The smallest absolute Gasteiger partial charge is 0.262 e. The van der Waals surface area contributed by atoms with Crippen molar-refractivity contribution in [1.29, 1.82) is 0 Å². The van der Waals surface area contributed by atoms with Gasteiger partial charge in [-0.15, -0.1) is 0 Å². The highest BCUT2D eigenvalue weighted by Crippen LogP contribution is 2.18. The minimum absolute atomic E-state index is 0.00300. The van der Waals surface area contributed by atoms with E-state index in [1.54, 1.807) is 4.57 Å². The Morgan fingerprint density at radius 3 is 2.88 bits per heavy atom. The third-order valence-corrected chi connectivity index (χ3v) is 5.52. The number of aromatic nitrogens is 2. The van der Waals surface area contributed by atoms with E-state index in [2.05, 4.69) is 4.98 Å². The average Bonchev–Trinajstić information content (AvgIpc) is 2.63. The monoisotopic (exact) mass is 364 g/mol. The van der Waals surface area contributed by atoms with Crippen LogP contribution in [-0.4, -0.2) is 59.4 Å². The van der Waals surface area contributed by atoms with Gasteiger partial charge in [-0.2, -0.15) is 0 Å². The van der Waals surface area contributed by atoms with Crippen LogP contribution in [0.4, 0.5) is 0 Å². The molecule has 1 atom stereocenters. The van der Waals surface area contributed by atoms with Gasteiger partial charge in [0.2, 0.25) is 0 Å². The highest BCUT2D eigenvalue weighted by molar-refractivity contribution is 7.99. The summed E-state index contributed by atoms with van der Waals surface area (Å²) >= 11 is 1.47. The van der Waals surface area contributed by atoms with Crippen molar-refractivity contribution < 1.29 is 14.7 Å². The van der Waals surface area contributed by atoms with Crippen LogP contribution in [0.5, 0.6) is 0 Å². The third kappa shape index (κ3) is 4.61. The van der Waals surface area contributed by atoms with Crippen LogP contribution in [0.1, 0.15) is 13.3 Å². The molecule has 0 spiro atoms. The standard InChI is InChI=1S/C18H25N3O3S/c1-2-7-21-17(23)15-5-3-4-6-16(15)19-18(21)25-13-14(22)12-20-8-10-24-11-9-20/h3-6,14,22H,2,7-13H2,1H3/p+1/t14-/m1/s1. The van der Waals surface area contributed by atoms with Crippen LogP contribution in [-0.2, 0) is 11.3 Å². The molecule has 1 saturated heterocycles. The fraction of sp³-hybridized carbons (Fsp3) is 0.556. The number of para-hydroxylation sites is 1. The number of nitrogens with zero attached hydrogens (tertiary/aromatic N) is 2. The van der Waals surface area contributed by atoms with Crippen molar-refractivity contribution in [2.45, 2.75) is 31.1 Å². The van der Waals surface area contributed by atoms with Gasteiger partial charge in [-0.25, -0.2) is 4.98 Å². The second kappa shape index (κ2) is 8.80. The Morgan fingerprint density at radius 2 is 2.12 bits per heavy atom. The molecule has 25 heavy (non-hydrogen) atoms. The summed E-state index contributed by atoms with van der Waals surface area (Å²) in [6.07, 6.45) is 0.449. The zero-order valence-corrected chi connectivity index (χ0v) is 15.4. The maximum Gasteiger partial charge on any atom is 0.262 e. The Labute approximate surface area is 151 Å². The molecule has 1 fully saturated rings. The molecule has 6 nitrogen and oxygen atoms in total. The zero-order valence-electron chi connectivity index (χ0n) is 14.6. The van der Waals surface area contributed by atoms with Crippen LogP contribution < -0.4 is 10.5 Å². The number of ether oxygens (including phenoxy) is 1. The minimum atomic E-state index is -0.420. The van der Waals surface area contributed by atoms with Crippen LogP contribution in [0, 0.1) is 0 Å². The van der Waals surface area contributed by atoms with Crippen molar-refractivity contribution >= 4 is 22.7 Å². The Kier molecular flexibility index (Phi) is 6.47. The number of hydrogen-bond acceptors (Lipinski definition) is 5. The van der Waals surface area contributed by atoms with Gasteiger partial charge in [0, 0.05) is 12.3 Å². The lowest BCUT2D eigenvalue weighted by Crippen LogP contribution is -3.15. The SMILES string of the molecule is CCCn1c(SC[C@H](O)C[NH+]2CCOCC2)nc2ccccc2c1=O. The number of thioether (sulfide) groups is 1. The molecule has 136 valence electrons. The number of aliphatic hydroxyl groups excluding tert-OH is 1. The molecule has 0 aliphatic carbocycles. The van der Waals surface area contributed by atoms with E-state index in [0.717, 1.165) is 38.2 Å². The summed E-state index contributed by atoms with van der Waals surface area (Å²) in [5.74, 6) is 0.541. The molecule has 0 radical (unpaired) electrons. The predicted octanol–water partition coefficient (Wildman–Crippen LogP) is 0.175. The first kappa shape index (κ1) is 18.4. The Morgan fingerprint density at radius 1 is 1.36 bits per heavy atom. The highest BCUT2D eigenvalue weighted by Gasteiger charge is 2.19. The predicted molar refractivity (Wildman–Crippen MR) is 99.4 cm³/mol. The molecule has 0 unspecified atom stereocenters. The van der Waals surface area contributed by atoms with Crippen molar-refractivity contribution in [3.63, 3.8) is 0 Å². The Hall–Kier alpha value is -1.41. The summed E-state index contributed by atoms with van der Waals surface area (Å²) in [4.78, 5) is 18.8. The number of aliphatic hydroxyl groups is 1. The zero-order chi connectivity index (χ0) is 17.6. The molecule has 1 aromatic carbocycles. The van der Waals surface area contributed by atoms with Crippen molar-refractivity contribution in [3.8, 4) is 0 Å². The first-order valence-corrected chi connectivity index (χ1v) is 9.89. The topological polar surface area (TPSA) is 68.8 Å². The average molecular weight is 364 g/mol. The molecule has 2 aromatic rings. The normalized spacial score (nSPS) is 17.0. The highest BCUT2D eigenvalue weighted by atomic mass is 32.2. The molecule has 7 heteroatoms. The molecule has 2 N–H and O–H groups in total. The fourth-order valence-electron chi connectivity index (χ4n) is 3.11. The van der Waals surface area contributed by atoms with E-state index in [1.807, 2.05) is 31.2 Å². The number of morpholine rings is 1.